The molecule has 0 aromatic heterocycles. The van der Waals surface area contributed by atoms with Gasteiger partial charge < -0.3 is 15.2 Å². The number of rotatable bonds is 6. The molecule has 5 nitrogen and oxygen atoms in total. The number of carboxylic acid groups (broad SMARTS) is 1. The van der Waals surface area contributed by atoms with Crippen molar-refractivity contribution in [2.24, 2.45) is 0 Å². The third kappa shape index (κ3) is 4.10. The molecule has 1 unspecified atom stereocenters. The minimum Gasteiger partial charge on any atom is -0.493 e. The quantitative estimate of drug-likeness (QED) is 0.835. The molecule has 1 aromatic rings. The maximum atomic E-state index is 12.7. The number of hydrogen-bond acceptors (Lipinski definition) is 4. The molecule has 7 heteroatoms. The summed E-state index contributed by atoms with van der Waals surface area (Å²) in [5.74, 6) is -0.149. The molecule has 114 valence electrons. The summed E-state index contributed by atoms with van der Waals surface area (Å²) in [5, 5.41) is 11.8. The first-order valence-electron chi connectivity index (χ1n) is 6.52. The fourth-order valence-electron chi connectivity index (χ4n) is 2.01. The van der Waals surface area contributed by atoms with Crippen LogP contribution in [0.4, 0.5) is 4.39 Å². The van der Waals surface area contributed by atoms with Crippen LogP contribution in [0.1, 0.15) is 12.8 Å². The van der Waals surface area contributed by atoms with Gasteiger partial charge in [-0.1, -0.05) is 0 Å². The van der Waals surface area contributed by atoms with Crippen LogP contribution in [0.15, 0.2) is 24.3 Å². The SMILES string of the molecule is O=C(CCOc1ccc(F)cc1)NC1(C(=O)O)CCSC1. The van der Waals surface area contributed by atoms with Crippen molar-refractivity contribution >= 4 is 23.6 Å². The zero-order chi connectivity index (χ0) is 15.3. The molecule has 1 aliphatic heterocycles. The lowest BCUT2D eigenvalue weighted by atomic mass is 9.99. The van der Waals surface area contributed by atoms with Gasteiger partial charge in [0.1, 0.15) is 17.1 Å². The molecule has 0 spiro atoms. The fraction of sp³-hybridized carbons (Fsp3) is 0.429. The van der Waals surface area contributed by atoms with Crippen LogP contribution in [0.25, 0.3) is 0 Å². The van der Waals surface area contributed by atoms with Crippen LogP contribution in [0.5, 0.6) is 5.75 Å². The van der Waals surface area contributed by atoms with Crippen molar-refractivity contribution in [1.29, 1.82) is 0 Å². The maximum Gasteiger partial charge on any atom is 0.330 e. The van der Waals surface area contributed by atoms with Crippen LogP contribution in [-0.4, -0.2) is 40.6 Å². The summed E-state index contributed by atoms with van der Waals surface area (Å²) in [6.45, 7) is 0.111. The molecule has 1 saturated heterocycles. The second kappa shape index (κ2) is 6.80. The van der Waals surface area contributed by atoms with Crippen LogP contribution < -0.4 is 10.1 Å². The van der Waals surface area contributed by atoms with E-state index in [2.05, 4.69) is 5.32 Å². The van der Waals surface area contributed by atoms with Crippen LogP contribution in [0, 0.1) is 5.82 Å². The zero-order valence-electron chi connectivity index (χ0n) is 11.3. The standard InChI is InChI=1S/C14H16FNO4S/c15-10-1-3-11(4-2-10)20-7-5-12(17)16-14(13(18)19)6-8-21-9-14/h1-4H,5-9H2,(H,16,17)(H,18,19). The largest absolute Gasteiger partial charge is 0.493 e. The Morgan fingerprint density at radius 2 is 2.10 bits per heavy atom. The van der Waals surface area contributed by atoms with Gasteiger partial charge in [0.15, 0.2) is 0 Å². The van der Waals surface area contributed by atoms with Crippen molar-refractivity contribution in [3.8, 4) is 5.75 Å². The van der Waals surface area contributed by atoms with E-state index in [4.69, 9.17) is 4.74 Å². The van der Waals surface area contributed by atoms with Gasteiger partial charge in [0.2, 0.25) is 5.91 Å². The van der Waals surface area contributed by atoms with Crippen LogP contribution in [0.2, 0.25) is 0 Å². The third-order valence-corrected chi connectivity index (χ3v) is 4.41. The molecule has 1 aliphatic rings. The number of ether oxygens (including phenoxy) is 1. The van der Waals surface area contributed by atoms with Crippen molar-refractivity contribution in [3.05, 3.63) is 30.1 Å². The highest BCUT2D eigenvalue weighted by atomic mass is 32.2. The molecule has 1 atom stereocenters. The van der Waals surface area contributed by atoms with Crippen molar-refractivity contribution in [2.75, 3.05) is 18.1 Å². The number of carbonyl (C=O) groups excluding carboxylic acids is 1. The molecule has 0 aliphatic carbocycles. The van der Waals surface area contributed by atoms with Crippen LogP contribution in [-0.2, 0) is 9.59 Å². The summed E-state index contributed by atoms with van der Waals surface area (Å²) in [4.78, 5) is 23.1. The second-order valence-corrected chi connectivity index (χ2v) is 5.90. The Kier molecular flexibility index (Phi) is 5.06. The van der Waals surface area contributed by atoms with E-state index < -0.39 is 11.5 Å². The predicted octanol–water partition coefficient (Wildman–Crippen LogP) is 1.67. The number of hydrogen-bond donors (Lipinski definition) is 2. The highest BCUT2D eigenvalue weighted by molar-refractivity contribution is 7.99. The van der Waals surface area contributed by atoms with Gasteiger partial charge in [0, 0.05) is 5.75 Å². The van der Waals surface area contributed by atoms with E-state index in [0.717, 1.165) is 5.75 Å². The van der Waals surface area contributed by atoms with Crippen molar-refractivity contribution < 1.29 is 23.8 Å². The van der Waals surface area contributed by atoms with E-state index >= 15 is 0 Å². The summed E-state index contributed by atoms with van der Waals surface area (Å²) in [7, 11) is 0. The van der Waals surface area contributed by atoms with Crippen molar-refractivity contribution in [2.45, 2.75) is 18.4 Å². The fourth-order valence-corrected chi connectivity index (χ4v) is 3.33. The van der Waals surface area contributed by atoms with E-state index in [0.29, 0.717) is 17.9 Å². The lowest BCUT2D eigenvalue weighted by Gasteiger charge is -2.24. The van der Waals surface area contributed by atoms with E-state index in [-0.39, 0.29) is 24.8 Å². The second-order valence-electron chi connectivity index (χ2n) is 4.79. The Bertz CT molecular complexity index is 514. The Hall–Kier alpha value is -1.76. The number of carboxylic acids is 1. The van der Waals surface area contributed by atoms with Gasteiger partial charge in [-0.25, -0.2) is 9.18 Å². The number of halogens is 1. The lowest BCUT2D eigenvalue weighted by Crippen LogP contribution is -2.54. The summed E-state index contributed by atoms with van der Waals surface area (Å²) in [6.07, 6.45) is 0.481. The highest BCUT2D eigenvalue weighted by Crippen LogP contribution is 2.28. The number of nitrogens with one attached hydrogen (secondary N) is 1. The number of aliphatic carboxylic acids is 1. The normalized spacial score (nSPS) is 21.0. The zero-order valence-corrected chi connectivity index (χ0v) is 12.1. The molecule has 21 heavy (non-hydrogen) atoms. The first-order chi connectivity index (χ1) is 10.0. The summed E-state index contributed by atoms with van der Waals surface area (Å²) >= 11 is 1.51. The lowest BCUT2D eigenvalue weighted by molar-refractivity contribution is -0.146. The van der Waals surface area contributed by atoms with Crippen molar-refractivity contribution in [3.63, 3.8) is 0 Å². The van der Waals surface area contributed by atoms with Gasteiger partial charge in [-0.15, -0.1) is 0 Å². The third-order valence-electron chi connectivity index (χ3n) is 3.22. The smallest absolute Gasteiger partial charge is 0.330 e. The van der Waals surface area contributed by atoms with Gasteiger partial charge in [0.05, 0.1) is 13.0 Å². The average molecular weight is 313 g/mol. The van der Waals surface area contributed by atoms with Crippen LogP contribution in [0.3, 0.4) is 0 Å². The molecule has 0 saturated carbocycles. The Morgan fingerprint density at radius 3 is 2.67 bits per heavy atom. The summed E-state index contributed by atoms with van der Waals surface area (Å²) < 4.78 is 18.0. The summed E-state index contributed by atoms with van der Waals surface area (Å²) in [6, 6.07) is 5.48. The monoisotopic (exact) mass is 313 g/mol. The van der Waals surface area contributed by atoms with Gasteiger partial charge >= 0.3 is 5.97 Å². The average Bonchev–Trinajstić information content (AvgIpc) is 2.91. The minimum atomic E-state index is -1.16. The Balaban J connectivity index is 1.79. The molecule has 2 rings (SSSR count). The molecule has 1 heterocycles. The van der Waals surface area contributed by atoms with E-state index in [1.807, 2.05) is 0 Å². The van der Waals surface area contributed by atoms with E-state index in [1.54, 1.807) is 0 Å². The molecule has 0 radical (unpaired) electrons. The maximum absolute atomic E-state index is 12.7. The predicted molar refractivity (Wildman–Crippen MR) is 77.0 cm³/mol. The molecule has 1 amide bonds. The molecule has 1 aromatic carbocycles. The Labute approximate surface area is 125 Å². The molecule has 1 fully saturated rings. The molecular weight excluding hydrogens is 297 g/mol. The Morgan fingerprint density at radius 1 is 1.38 bits per heavy atom. The van der Waals surface area contributed by atoms with Crippen molar-refractivity contribution in [1.82, 2.24) is 5.32 Å². The molecular formula is C14H16FNO4S. The number of thioether (sulfide) groups is 1. The number of carbonyl (C=O) groups is 2. The first-order valence-corrected chi connectivity index (χ1v) is 7.68. The molecule has 0 bridgehead atoms. The van der Waals surface area contributed by atoms with E-state index in [9.17, 15) is 19.1 Å². The number of amides is 1. The summed E-state index contributed by atoms with van der Waals surface area (Å²) in [5.41, 5.74) is -1.16. The molecule has 2 N–H and O–H groups in total. The topological polar surface area (TPSA) is 75.6 Å². The van der Waals surface area contributed by atoms with Crippen LogP contribution >= 0.6 is 11.8 Å². The van der Waals surface area contributed by atoms with E-state index in [1.165, 1.54) is 36.0 Å². The first kappa shape index (κ1) is 15.6. The minimum absolute atomic E-state index is 0.0527. The number of benzene rings is 1. The van der Waals surface area contributed by atoms with Gasteiger partial charge in [-0.3, -0.25) is 4.79 Å². The van der Waals surface area contributed by atoms with Gasteiger partial charge in [-0.05, 0) is 36.4 Å². The van der Waals surface area contributed by atoms with Gasteiger partial charge in [-0.2, -0.15) is 11.8 Å². The van der Waals surface area contributed by atoms with Gasteiger partial charge in [0.25, 0.3) is 0 Å². The highest BCUT2D eigenvalue weighted by Gasteiger charge is 2.43.